The van der Waals surface area contributed by atoms with Crippen LogP contribution in [0.25, 0.3) is 0 Å². The number of carbonyl (C=O) groups is 1. The second-order valence-corrected chi connectivity index (χ2v) is 7.98. The minimum Gasteiger partial charge on any atom is -0.484 e. The lowest BCUT2D eigenvalue weighted by atomic mass is 9.49. The first-order valence-electron chi connectivity index (χ1n) is 9.29. The minimum atomic E-state index is -0.319. The second kappa shape index (κ2) is 6.60. The van der Waals surface area contributed by atoms with Crippen molar-refractivity contribution in [1.82, 2.24) is 5.32 Å². The summed E-state index contributed by atoms with van der Waals surface area (Å²) in [6, 6.07) is 5.69. The molecule has 136 valence electrons. The van der Waals surface area contributed by atoms with E-state index in [1.165, 1.54) is 56.4 Å². The fourth-order valence-electron chi connectivity index (χ4n) is 5.64. The van der Waals surface area contributed by atoms with Gasteiger partial charge >= 0.3 is 0 Å². The molecule has 4 aliphatic carbocycles. The Balaban J connectivity index is 1.33. The van der Waals surface area contributed by atoms with Gasteiger partial charge in [0.05, 0.1) is 5.60 Å². The molecule has 25 heavy (non-hydrogen) atoms. The summed E-state index contributed by atoms with van der Waals surface area (Å²) in [7, 11) is 1.80. The van der Waals surface area contributed by atoms with Gasteiger partial charge in [-0.2, -0.15) is 0 Å². The molecule has 0 aromatic heterocycles. The van der Waals surface area contributed by atoms with Gasteiger partial charge in [-0.1, -0.05) is 0 Å². The first kappa shape index (κ1) is 16.8. The van der Waals surface area contributed by atoms with Crippen LogP contribution in [0.15, 0.2) is 24.3 Å². The highest BCUT2D eigenvalue weighted by Crippen LogP contribution is 2.59. The Hall–Kier alpha value is -1.62. The van der Waals surface area contributed by atoms with E-state index in [1.54, 1.807) is 7.11 Å². The smallest absolute Gasteiger partial charge is 0.258 e. The lowest BCUT2D eigenvalue weighted by molar-refractivity contribution is -0.188. The third kappa shape index (κ3) is 3.14. The standard InChI is InChI=1S/C20H26FNO3/c1-24-20(15-7-13-6-14(9-15)10-16(20)8-13)12-22-19(23)11-25-18-4-2-17(21)3-5-18/h2-5,13-16H,6-12H2,1H3,(H,22,23). The number of nitrogens with one attached hydrogen (secondary N) is 1. The first-order valence-corrected chi connectivity index (χ1v) is 9.29. The Labute approximate surface area is 148 Å². The third-order valence-electron chi connectivity index (χ3n) is 6.65. The van der Waals surface area contributed by atoms with E-state index in [2.05, 4.69) is 5.32 Å². The highest BCUT2D eigenvalue weighted by Gasteiger charge is 2.57. The fraction of sp³-hybridized carbons (Fsp3) is 0.650. The molecular weight excluding hydrogens is 321 g/mol. The molecule has 1 N–H and O–H groups in total. The van der Waals surface area contributed by atoms with Crippen LogP contribution < -0.4 is 10.1 Å². The molecule has 4 bridgehead atoms. The zero-order chi connectivity index (χ0) is 17.4. The van der Waals surface area contributed by atoms with Gasteiger partial charge in [0.25, 0.3) is 5.91 Å². The van der Waals surface area contributed by atoms with Gasteiger partial charge in [-0.15, -0.1) is 0 Å². The maximum atomic E-state index is 12.9. The summed E-state index contributed by atoms with van der Waals surface area (Å²) in [5, 5.41) is 3.02. The Morgan fingerprint density at radius 1 is 1.12 bits per heavy atom. The maximum Gasteiger partial charge on any atom is 0.258 e. The van der Waals surface area contributed by atoms with Crippen molar-refractivity contribution in [3.63, 3.8) is 0 Å². The van der Waals surface area contributed by atoms with Crippen LogP contribution >= 0.6 is 0 Å². The van der Waals surface area contributed by atoms with E-state index in [4.69, 9.17) is 9.47 Å². The molecule has 0 unspecified atom stereocenters. The molecular formula is C20H26FNO3. The molecule has 4 nitrogen and oxygen atoms in total. The topological polar surface area (TPSA) is 47.6 Å². The average molecular weight is 347 g/mol. The van der Waals surface area contributed by atoms with Crippen LogP contribution in [0.2, 0.25) is 0 Å². The predicted molar refractivity (Wildman–Crippen MR) is 91.7 cm³/mol. The SMILES string of the molecule is COC1(CNC(=O)COc2ccc(F)cc2)C2CC3CC(C2)CC1C3. The Kier molecular flexibility index (Phi) is 4.44. The molecule has 0 saturated heterocycles. The molecule has 0 spiro atoms. The number of amides is 1. The number of halogens is 1. The molecule has 4 aliphatic rings. The van der Waals surface area contributed by atoms with E-state index in [1.807, 2.05) is 0 Å². The molecule has 1 amide bonds. The number of rotatable bonds is 6. The Morgan fingerprint density at radius 2 is 1.72 bits per heavy atom. The summed E-state index contributed by atoms with van der Waals surface area (Å²) < 4.78 is 24.4. The van der Waals surface area contributed by atoms with E-state index < -0.39 is 0 Å². The molecule has 0 heterocycles. The van der Waals surface area contributed by atoms with E-state index in [-0.39, 0.29) is 23.9 Å². The van der Waals surface area contributed by atoms with Crippen molar-refractivity contribution in [3.05, 3.63) is 30.1 Å². The summed E-state index contributed by atoms with van der Waals surface area (Å²) in [5.41, 5.74) is -0.209. The first-order chi connectivity index (χ1) is 12.1. The summed E-state index contributed by atoms with van der Waals surface area (Å²) >= 11 is 0. The molecule has 1 aromatic carbocycles. The van der Waals surface area contributed by atoms with Crippen molar-refractivity contribution in [2.24, 2.45) is 23.7 Å². The molecule has 4 fully saturated rings. The number of ether oxygens (including phenoxy) is 2. The average Bonchev–Trinajstić information content (AvgIpc) is 2.61. The van der Waals surface area contributed by atoms with Crippen molar-refractivity contribution < 1.29 is 18.7 Å². The molecule has 5 heteroatoms. The zero-order valence-electron chi connectivity index (χ0n) is 14.7. The van der Waals surface area contributed by atoms with Gasteiger partial charge in [0.2, 0.25) is 0 Å². The highest BCUT2D eigenvalue weighted by molar-refractivity contribution is 5.77. The molecule has 1 aromatic rings. The van der Waals surface area contributed by atoms with Crippen LogP contribution in [0.5, 0.6) is 5.75 Å². The second-order valence-electron chi connectivity index (χ2n) is 7.98. The van der Waals surface area contributed by atoms with E-state index in [9.17, 15) is 9.18 Å². The number of hydrogen-bond acceptors (Lipinski definition) is 3. The van der Waals surface area contributed by atoms with Gasteiger partial charge in [0.1, 0.15) is 11.6 Å². The minimum absolute atomic E-state index is 0.0635. The van der Waals surface area contributed by atoms with Crippen LogP contribution in [0.3, 0.4) is 0 Å². The van der Waals surface area contributed by atoms with Crippen LogP contribution in [0.4, 0.5) is 4.39 Å². The number of methoxy groups -OCH3 is 1. The van der Waals surface area contributed by atoms with E-state index in [0.29, 0.717) is 24.1 Å². The van der Waals surface area contributed by atoms with E-state index in [0.717, 1.165) is 11.8 Å². The molecule has 0 radical (unpaired) electrons. The van der Waals surface area contributed by atoms with Gasteiger partial charge in [-0.3, -0.25) is 4.79 Å². The van der Waals surface area contributed by atoms with Crippen LogP contribution in [-0.2, 0) is 9.53 Å². The maximum absolute atomic E-state index is 12.9. The van der Waals surface area contributed by atoms with Crippen molar-refractivity contribution in [2.45, 2.75) is 37.7 Å². The van der Waals surface area contributed by atoms with Crippen LogP contribution in [-0.4, -0.2) is 31.8 Å². The van der Waals surface area contributed by atoms with Gasteiger partial charge in [0.15, 0.2) is 6.61 Å². The van der Waals surface area contributed by atoms with Crippen molar-refractivity contribution in [2.75, 3.05) is 20.3 Å². The highest BCUT2D eigenvalue weighted by atomic mass is 19.1. The van der Waals surface area contributed by atoms with Gasteiger partial charge < -0.3 is 14.8 Å². The summed E-state index contributed by atoms with van der Waals surface area (Å²) in [5.74, 6) is 2.87. The monoisotopic (exact) mass is 347 g/mol. The lowest BCUT2D eigenvalue weighted by Crippen LogP contribution is -2.63. The molecule has 4 saturated carbocycles. The number of carbonyl (C=O) groups excluding carboxylic acids is 1. The van der Waals surface area contributed by atoms with Crippen molar-refractivity contribution in [1.29, 1.82) is 0 Å². The van der Waals surface area contributed by atoms with Crippen LogP contribution in [0, 0.1) is 29.5 Å². The Bertz CT molecular complexity index is 602. The largest absolute Gasteiger partial charge is 0.484 e. The van der Waals surface area contributed by atoms with Gasteiger partial charge in [0, 0.05) is 13.7 Å². The predicted octanol–water partition coefficient (Wildman–Crippen LogP) is 3.16. The summed E-state index contributed by atoms with van der Waals surface area (Å²) in [6.07, 6.45) is 6.35. The third-order valence-corrected chi connectivity index (χ3v) is 6.65. The van der Waals surface area contributed by atoms with Crippen molar-refractivity contribution >= 4 is 5.91 Å². The summed E-state index contributed by atoms with van der Waals surface area (Å²) in [4.78, 5) is 12.2. The fourth-order valence-corrected chi connectivity index (χ4v) is 5.64. The van der Waals surface area contributed by atoms with Gasteiger partial charge in [-0.05, 0) is 80.0 Å². The molecule has 0 atom stereocenters. The van der Waals surface area contributed by atoms with E-state index >= 15 is 0 Å². The quantitative estimate of drug-likeness (QED) is 0.860. The Morgan fingerprint density at radius 3 is 2.28 bits per heavy atom. The van der Waals surface area contributed by atoms with Crippen LogP contribution in [0.1, 0.15) is 32.1 Å². The van der Waals surface area contributed by atoms with Crippen molar-refractivity contribution in [3.8, 4) is 5.75 Å². The summed E-state index contributed by atoms with van der Waals surface area (Å²) in [6.45, 7) is 0.496. The molecule has 0 aliphatic heterocycles. The lowest BCUT2D eigenvalue weighted by Gasteiger charge is -2.60. The molecule has 5 rings (SSSR count). The number of hydrogen-bond donors (Lipinski definition) is 1. The normalized spacial score (nSPS) is 35.6. The van der Waals surface area contributed by atoms with Gasteiger partial charge in [-0.25, -0.2) is 4.39 Å². The zero-order valence-corrected chi connectivity index (χ0v) is 14.7. The number of benzene rings is 1.